The SMILES string of the molecule is CN(C)[C@H]1C2OC3O[C@@H]1C(OCc1ccccc1)[C@H](O3)[C@H]2N(C)C. The molecule has 3 saturated heterocycles. The molecule has 1 saturated carbocycles. The average Bonchev–Trinajstić information content (AvgIpc) is 2.54. The second-order valence-corrected chi connectivity index (χ2v) is 7.26. The summed E-state index contributed by atoms with van der Waals surface area (Å²) >= 11 is 0. The second-order valence-electron chi connectivity index (χ2n) is 7.26. The topological polar surface area (TPSA) is 43.4 Å². The van der Waals surface area contributed by atoms with E-state index in [9.17, 15) is 0 Å². The maximum absolute atomic E-state index is 6.31. The summed E-state index contributed by atoms with van der Waals surface area (Å²) in [5.41, 5.74) is 1.16. The Balaban J connectivity index is 1.58. The largest absolute Gasteiger partial charge is 0.368 e. The Morgan fingerprint density at radius 3 is 1.92 bits per heavy atom. The molecule has 6 heteroatoms. The van der Waals surface area contributed by atoms with Crippen molar-refractivity contribution in [1.29, 1.82) is 0 Å². The van der Waals surface area contributed by atoms with Crippen LogP contribution < -0.4 is 0 Å². The first kappa shape index (κ1) is 16.4. The van der Waals surface area contributed by atoms with Gasteiger partial charge < -0.3 is 28.7 Å². The number of benzene rings is 1. The van der Waals surface area contributed by atoms with Crippen molar-refractivity contribution in [2.45, 2.75) is 49.6 Å². The smallest absolute Gasteiger partial charge is 0.272 e. The summed E-state index contributed by atoms with van der Waals surface area (Å²) in [6.07, 6.45) is -0.125. The van der Waals surface area contributed by atoms with Crippen molar-refractivity contribution in [1.82, 2.24) is 9.80 Å². The number of hydrogen-bond acceptors (Lipinski definition) is 6. The van der Waals surface area contributed by atoms with Crippen LogP contribution in [0.3, 0.4) is 0 Å². The molecule has 132 valence electrons. The number of ether oxygens (including phenoxy) is 4. The highest BCUT2D eigenvalue weighted by atomic mass is 16.9. The van der Waals surface area contributed by atoms with Crippen molar-refractivity contribution >= 4 is 0 Å². The first-order valence-electron chi connectivity index (χ1n) is 8.51. The van der Waals surface area contributed by atoms with Gasteiger partial charge in [-0.15, -0.1) is 0 Å². The first-order chi connectivity index (χ1) is 11.6. The molecule has 4 bridgehead atoms. The van der Waals surface area contributed by atoms with Crippen LogP contribution in [0.2, 0.25) is 0 Å². The minimum Gasteiger partial charge on any atom is -0.368 e. The fraction of sp³-hybridized carbons (Fsp3) is 0.667. The highest BCUT2D eigenvalue weighted by Crippen LogP contribution is 2.43. The molecule has 0 aromatic heterocycles. The number of rotatable bonds is 5. The van der Waals surface area contributed by atoms with E-state index in [1.807, 2.05) is 18.2 Å². The molecule has 1 aromatic carbocycles. The molecule has 3 heterocycles. The molecule has 4 fully saturated rings. The molecule has 4 aliphatic rings. The van der Waals surface area contributed by atoms with Gasteiger partial charge in [0.05, 0.1) is 24.8 Å². The van der Waals surface area contributed by atoms with Crippen molar-refractivity contribution < 1.29 is 18.9 Å². The molecular formula is C18H26N2O4. The van der Waals surface area contributed by atoms with Crippen LogP contribution in [0.15, 0.2) is 30.3 Å². The predicted molar refractivity (Wildman–Crippen MR) is 88.4 cm³/mol. The van der Waals surface area contributed by atoms with Gasteiger partial charge >= 0.3 is 0 Å². The summed E-state index contributed by atoms with van der Waals surface area (Å²) in [6.45, 7) is -0.00388. The Morgan fingerprint density at radius 1 is 0.833 bits per heavy atom. The van der Waals surface area contributed by atoms with E-state index in [1.165, 1.54) is 0 Å². The summed E-state index contributed by atoms with van der Waals surface area (Å²) in [5.74, 6) is 0. The fourth-order valence-electron chi connectivity index (χ4n) is 4.24. The summed E-state index contributed by atoms with van der Waals surface area (Å²) in [4.78, 5) is 4.37. The predicted octanol–water partition coefficient (Wildman–Crippen LogP) is 0.912. The molecule has 0 amide bonds. The summed E-state index contributed by atoms with van der Waals surface area (Å²) in [5, 5.41) is 0. The lowest BCUT2D eigenvalue weighted by atomic mass is 9.78. The summed E-state index contributed by atoms with van der Waals surface area (Å²) in [7, 11) is 8.28. The van der Waals surface area contributed by atoms with Gasteiger partial charge in [-0.25, -0.2) is 0 Å². The molecule has 0 spiro atoms. The van der Waals surface area contributed by atoms with Crippen LogP contribution in [0.25, 0.3) is 0 Å². The molecule has 6 nitrogen and oxygen atoms in total. The zero-order chi connectivity index (χ0) is 16.8. The second kappa shape index (κ2) is 6.37. The van der Waals surface area contributed by atoms with Crippen molar-refractivity contribution in [2.24, 2.45) is 0 Å². The van der Waals surface area contributed by atoms with Crippen LogP contribution in [-0.4, -0.2) is 81.0 Å². The molecule has 5 rings (SSSR count). The van der Waals surface area contributed by atoms with Gasteiger partial charge in [-0.05, 0) is 33.8 Å². The molecule has 0 radical (unpaired) electrons. The zero-order valence-electron chi connectivity index (χ0n) is 14.7. The monoisotopic (exact) mass is 334 g/mol. The van der Waals surface area contributed by atoms with E-state index in [4.69, 9.17) is 18.9 Å². The third-order valence-corrected chi connectivity index (χ3v) is 5.28. The third kappa shape index (κ3) is 2.67. The van der Waals surface area contributed by atoms with Crippen LogP contribution in [0.1, 0.15) is 5.56 Å². The van der Waals surface area contributed by atoms with Gasteiger partial charge in [0.1, 0.15) is 18.3 Å². The van der Waals surface area contributed by atoms with Crippen molar-refractivity contribution in [3.8, 4) is 0 Å². The van der Waals surface area contributed by atoms with Gasteiger partial charge in [-0.1, -0.05) is 30.3 Å². The van der Waals surface area contributed by atoms with Gasteiger partial charge in [0.25, 0.3) is 6.48 Å². The Morgan fingerprint density at radius 2 is 1.38 bits per heavy atom. The number of hydrogen-bond donors (Lipinski definition) is 0. The van der Waals surface area contributed by atoms with Crippen LogP contribution in [0.5, 0.6) is 0 Å². The van der Waals surface area contributed by atoms with Gasteiger partial charge in [-0.2, -0.15) is 0 Å². The maximum atomic E-state index is 6.31. The molecule has 1 aromatic rings. The number of likely N-dealkylation sites (N-methyl/N-ethyl adjacent to an activating group) is 2. The highest BCUT2D eigenvalue weighted by molar-refractivity contribution is 5.15. The van der Waals surface area contributed by atoms with E-state index < -0.39 is 6.48 Å². The molecule has 3 unspecified atom stereocenters. The van der Waals surface area contributed by atoms with E-state index in [-0.39, 0.29) is 36.5 Å². The van der Waals surface area contributed by atoms with Crippen molar-refractivity contribution in [3.05, 3.63) is 35.9 Å². The van der Waals surface area contributed by atoms with Crippen LogP contribution >= 0.6 is 0 Å². The Hall–Kier alpha value is -1.02. The average molecular weight is 334 g/mol. The Bertz CT molecular complexity index is 541. The van der Waals surface area contributed by atoms with Gasteiger partial charge in [0.15, 0.2) is 0 Å². The van der Waals surface area contributed by atoms with Crippen LogP contribution in [0, 0.1) is 0 Å². The maximum Gasteiger partial charge on any atom is 0.272 e. The minimum atomic E-state index is -0.561. The first-order valence-corrected chi connectivity index (χ1v) is 8.51. The fourth-order valence-corrected chi connectivity index (χ4v) is 4.24. The lowest BCUT2D eigenvalue weighted by molar-refractivity contribution is -0.470. The molecule has 1 aliphatic carbocycles. The van der Waals surface area contributed by atoms with E-state index in [0.29, 0.717) is 6.61 Å². The van der Waals surface area contributed by atoms with Crippen LogP contribution in [0.4, 0.5) is 0 Å². The summed E-state index contributed by atoms with van der Waals surface area (Å²) < 4.78 is 24.3. The Labute approximate surface area is 143 Å². The van der Waals surface area contributed by atoms with E-state index in [1.54, 1.807) is 0 Å². The lowest BCUT2D eigenvalue weighted by Crippen LogP contribution is -2.79. The molecule has 0 N–H and O–H groups in total. The van der Waals surface area contributed by atoms with E-state index in [2.05, 4.69) is 50.1 Å². The highest BCUT2D eigenvalue weighted by Gasteiger charge is 2.63. The van der Waals surface area contributed by atoms with Gasteiger partial charge in [0, 0.05) is 0 Å². The van der Waals surface area contributed by atoms with Crippen molar-refractivity contribution in [3.63, 3.8) is 0 Å². The lowest BCUT2D eigenvalue weighted by Gasteiger charge is -2.61. The summed E-state index contributed by atoms with van der Waals surface area (Å²) in [6, 6.07) is 10.5. The van der Waals surface area contributed by atoms with Crippen molar-refractivity contribution in [2.75, 3.05) is 28.2 Å². The molecule has 3 aliphatic heterocycles. The van der Waals surface area contributed by atoms with Crippen LogP contribution in [-0.2, 0) is 25.6 Å². The molecule has 24 heavy (non-hydrogen) atoms. The standard InChI is InChI=1S/C18H26N2O4/c1-19(2)12-14-13(20(3)4)16-17(15(12)23-18(22-14)24-16)21-10-11-8-6-5-7-9-11/h5-9,12-18H,10H2,1-4H3/t12-,13-,14?,15-,16+,17?,18?/m0/s1. The Kier molecular flexibility index (Phi) is 4.36. The normalized spacial score (nSPS) is 40.7. The molecular weight excluding hydrogens is 308 g/mol. The van der Waals surface area contributed by atoms with E-state index in [0.717, 1.165) is 5.56 Å². The number of nitrogens with zero attached hydrogens (tertiary/aromatic N) is 2. The third-order valence-electron chi connectivity index (χ3n) is 5.28. The zero-order valence-corrected chi connectivity index (χ0v) is 14.7. The van der Waals surface area contributed by atoms with E-state index >= 15 is 0 Å². The van der Waals surface area contributed by atoms with Gasteiger partial charge in [-0.3, -0.25) is 0 Å². The quantitative estimate of drug-likeness (QED) is 0.798. The molecule has 7 atom stereocenters. The minimum absolute atomic E-state index is 0.0394. The van der Waals surface area contributed by atoms with Gasteiger partial charge in [0.2, 0.25) is 0 Å².